The summed E-state index contributed by atoms with van der Waals surface area (Å²) in [6.07, 6.45) is 6.00. The number of pyridine rings is 1. The van der Waals surface area contributed by atoms with Gasteiger partial charge in [0.15, 0.2) is 5.75 Å². The smallest absolute Gasteiger partial charge is 0.163 e. The van der Waals surface area contributed by atoms with E-state index in [2.05, 4.69) is 26.8 Å². The third kappa shape index (κ3) is 3.41. The van der Waals surface area contributed by atoms with Crippen molar-refractivity contribution in [2.24, 2.45) is 5.92 Å². The standard InChI is InChI=1S/C20H23ClN4O/c1-2-25-13-24-19-18(15-4-3-5-16(21)10-15)23-11-17(20(19)25)26-12-14-6-8-22-9-7-14/h3-5,10-11,13-14,22H,2,6-9,12H2,1H3. The molecule has 0 amide bonds. The summed E-state index contributed by atoms with van der Waals surface area (Å²) in [4.78, 5) is 9.28. The summed E-state index contributed by atoms with van der Waals surface area (Å²) in [5.74, 6) is 1.40. The fourth-order valence-corrected chi connectivity index (χ4v) is 3.70. The second kappa shape index (κ2) is 7.64. The zero-order valence-corrected chi connectivity index (χ0v) is 15.7. The van der Waals surface area contributed by atoms with Crippen LogP contribution in [-0.2, 0) is 6.54 Å². The van der Waals surface area contributed by atoms with Gasteiger partial charge in [0, 0.05) is 17.1 Å². The monoisotopic (exact) mass is 370 g/mol. The first kappa shape index (κ1) is 17.3. The van der Waals surface area contributed by atoms with Crippen LogP contribution in [0.1, 0.15) is 19.8 Å². The maximum Gasteiger partial charge on any atom is 0.163 e. The number of nitrogens with zero attached hydrogens (tertiary/aromatic N) is 3. The van der Waals surface area contributed by atoms with Crippen LogP contribution in [0.2, 0.25) is 5.02 Å². The molecule has 136 valence electrons. The quantitative estimate of drug-likeness (QED) is 0.733. The van der Waals surface area contributed by atoms with E-state index in [0.29, 0.717) is 10.9 Å². The molecule has 1 aliphatic heterocycles. The van der Waals surface area contributed by atoms with Gasteiger partial charge < -0.3 is 14.6 Å². The first-order valence-electron chi connectivity index (χ1n) is 9.19. The molecule has 0 spiro atoms. The Bertz CT molecular complexity index is 902. The lowest BCUT2D eigenvalue weighted by Gasteiger charge is -2.23. The largest absolute Gasteiger partial charge is 0.489 e. The Balaban J connectivity index is 1.70. The number of hydrogen-bond donors (Lipinski definition) is 1. The lowest BCUT2D eigenvalue weighted by atomic mass is 9.99. The summed E-state index contributed by atoms with van der Waals surface area (Å²) in [6.45, 7) is 5.81. The Hall–Kier alpha value is -2.11. The van der Waals surface area contributed by atoms with E-state index in [-0.39, 0.29) is 0 Å². The van der Waals surface area contributed by atoms with Crippen molar-refractivity contribution in [2.45, 2.75) is 26.3 Å². The number of aryl methyl sites for hydroxylation is 1. The minimum Gasteiger partial charge on any atom is -0.489 e. The predicted octanol–water partition coefficient (Wildman–Crippen LogP) is 4.15. The molecule has 0 atom stereocenters. The molecule has 5 nitrogen and oxygen atoms in total. The van der Waals surface area contributed by atoms with E-state index in [4.69, 9.17) is 16.3 Å². The minimum absolute atomic E-state index is 0.594. The van der Waals surface area contributed by atoms with E-state index in [1.807, 2.05) is 36.8 Å². The van der Waals surface area contributed by atoms with Crippen LogP contribution in [0.5, 0.6) is 5.75 Å². The summed E-state index contributed by atoms with van der Waals surface area (Å²) in [5, 5.41) is 4.09. The summed E-state index contributed by atoms with van der Waals surface area (Å²) >= 11 is 6.16. The second-order valence-corrected chi connectivity index (χ2v) is 7.15. The van der Waals surface area contributed by atoms with Crippen LogP contribution in [-0.4, -0.2) is 34.2 Å². The van der Waals surface area contributed by atoms with Crippen molar-refractivity contribution in [3.05, 3.63) is 41.8 Å². The number of benzene rings is 1. The SMILES string of the molecule is CCn1cnc2c(-c3cccc(Cl)c3)ncc(OCC3CCNCC3)c21. The molecule has 0 unspecified atom stereocenters. The summed E-state index contributed by atoms with van der Waals surface area (Å²) in [5.41, 5.74) is 3.67. The summed E-state index contributed by atoms with van der Waals surface area (Å²) < 4.78 is 8.31. The Kier molecular flexibility index (Phi) is 5.09. The zero-order chi connectivity index (χ0) is 17.9. The second-order valence-electron chi connectivity index (χ2n) is 6.71. The molecular weight excluding hydrogens is 348 g/mol. The molecule has 1 fully saturated rings. The molecule has 0 bridgehead atoms. The molecule has 26 heavy (non-hydrogen) atoms. The Morgan fingerprint density at radius 1 is 1.27 bits per heavy atom. The molecule has 0 aliphatic carbocycles. The molecule has 2 aromatic heterocycles. The summed E-state index contributed by atoms with van der Waals surface area (Å²) in [7, 11) is 0. The lowest BCUT2D eigenvalue weighted by molar-refractivity contribution is 0.216. The molecule has 6 heteroatoms. The average molecular weight is 371 g/mol. The fraction of sp³-hybridized carbons (Fsp3) is 0.400. The third-order valence-electron chi connectivity index (χ3n) is 4.98. The van der Waals surface area contributed by atoms with Gasteiger partial charge in [-0.3, -0.25) is 0 Å². The van der Waals surface area contributed by atoms with Crippen LogP contribution in [0.25, 0.3) is 22.3 Å². The Morgan fingerprint density at radius 3 is 2.88 bits per heavy atom. The van der Waals surface area contributed by atoms with E-state index in [1.54, 1.807) is 0 Å². The third-order valence-corrected chi connectivity index (χ3v) is 5.21. The van der Waals surface area contributed by atoms with Gasteiger partial charge in [0.05, 0.1) is 24.8 Å². The molecule has 3 heterocycles. The van der Waals surface area contributed by atoms with Gasteiger partial charge in [-0.25, -0.2) is 9.97 Å². The van der Waals surface area contributed by atoms with Crippen LogP contribution < -0.4 is 10.1 Å². The zero-order valence-electron chi connectivity index (χ0n) is 14.9. The maximum atomic E-state index is 6.20. The first-order valence-corrected chi connectivity index (χ1v) is 9.57. The topological polar surface area (TPSA) is 52.0 Å². The van der Waals surface area contributed by atoms with Gasteiger partial charge in [-0.2, -0.15) is 0 Å². The van der Waals surface area contributed by atoms with Crippen LogP contribution in [0.3, 0.4) is 0 Å². The number of aromatic nitrogens is 3. The number of nitrogens with one attached hydrogen (secondary N) is 1. The van der Waals surface area contributed by atoms with E-state index in [9.17, 15) is 0 Å². The van der Waals surface area contributed by atoms with Crippen molar-refractivity contribution < 1.29 is 4.74 Å². The van der Waals surface area contributed by atoms with Gasteiger partial charge in [-0.15, -0.1) is 0 Å². The van der Waals surface area contributed by atoms with E-state index >= 15 is 0 Å². The van der Waals surface area contributed by atoms with Crippen molar-refractivity contribution in [2.75, 3.05) is 19.7 Å². The number of rotatable bonds is 5. The highest BCUT2D eigenvalue weighted by molar-refractivity contribution is 6.30. The van der Waals surface area contributed by atoms with Crippen molar-refractivity contribution in [3.63, 3.8) is 0 Å². The predicted molar refractivity (Wildman–Crippen MR) is 105 cm³/mol. The fourth-order valence-electron chi connectivity index (χ4n) is 3.51. The minimum atomic E-state index is 0.594. The number of fused-ring (bicyclic) bond motifs is 1. The normalized spacial score (nSPS) is 15.5. The molecule has 1 aliphatic rings. The van der Waals surface area contributed by atoms with Gasteiger partial charge in [0.25, 0.3) is 0 Å². The van der Waals surface area contributed by atoms with Crippen LogP contribution >= 0.6 is 11.6 Å². The highest BCUT2D eigenvalue weighted by Crippen LogP contribution is 2.33. The van der Waals surface area contributed by atoms with Crippen LogP contribution in [0.15, 0.2) is 36.8 Å². The molecule has 1 N–H and O–H groups in total. The van der Waals surface area contributed by atoms with Crippen molar-refractivity contribution in [3.8, 4) is 17.0 Å². The van der Waals surface area contributed by atoms with Crippen LogP contribution in [0, 0.1) is 5.92 Å². The van der Waals surface area contributed by atoms with E-state index in [0.717, 1.165) is 67.1 Å². The first-order chi connectivity index (χ1) is 12.8. The molecule has 0 radical (unpaired) electrons. The molecule has 4 rings (SSSR count). The van der Waals surface area contributed by atoms with Crippen molar-refractivity contribution in [1.29, 1.82) is 0 Å². The van der Waals surface area contributed by atoms with Crippen molar-refractivity contribution >= 4 is 22.6 Å². The number of ether oxygens (including phenoxy) is 1. The van der Waals surface area contributed by atoms with Crippen LogP contribution in [0.4, 0.5) is 0 Å². The molecule has 0 saturated carbocycles. The molecular formula is C20H23ClN4O. The summed E-state index contributed by atoms with van der Waals surface area (Å²) in [6, 6.07) is 7.73. The average Bonchev–Trinajstić information content (AvgIpc) is 3.11. The highest BCUT2D eigenvalue weighted by atomic mass is 35.5. The van der Waals surface area contributed by atoms with Gasteiger partial charge in [0.2, 0.25) is 0 Å². The number of imidazole rings is 1. The lowest BCUT2D eigenvalue weighted by Crippen LogP contribution is -2.30. The van der Waals surface area contributed by atoms with Gasteiger partial charge >= 0.3 is 0 Å². The van der Waals surface area contributed by atoms with Gasteiger partial charge in [-0.05, 0) is 50.9 Å². The number of hydrogen-bond acceptors (Lipinski definition) is 4. The number of halogens is 1. The number of piperidine rings is 1. The van der Waals surface area contributed by atoms with Gasteiger partial charge in [-0.1, -0.05) is 23.7 Å². The maximum absolute atomic E-state index is 6.20. The van der Waals surface area contributed by atoms with E-state index in [1.165, 1.54) is 0 Å². The molecule has 1 saturated heterocycles. The Labute approximate surface area is 158 Å². The highest BCUT2D eigenvalue weighted by Gasteiger charge is 2.18. The van der Waals surface area contributed by atoms with Gasteiger partial charge in [0.1, 0.15) is 11.0 Å². The van der Waals surface area contributed by atoms with Crippen molar-refractivity contribution in [1.82, 2.24) is 19.9 Å². The van der Waals surface area contributed by atoms with E-state index < -0.39 is 0 Å². The molecule has 3 aromatic rings. The Morgan fingerprint density at radius 2 is 2.12 bits per heavy atom. The molecule has 1 aromatic carbocycles.